The van der Waals surface area contributed by atoms with E-state index in [0.29, 0.717) is 6.04 Å². The van der Waals surface area contributed by atoms with Gasteiger partial charge >= 0.3 is 0 Å². The smallest absolute Gasteiger partial charge is 0.0705 e. The summed E-state index contributed by atoms with van der Waals surface area (Å²) in [6.45, 7) is 5.63. The number of benzene rings is 2. The zero-order valence-corrected chi connectivity index (χ0v) is 15.8. The normalized spacial score (nSPS) is 21.3. The average molecular weight is 358 g/mol. The summed E-state index contributed by atoms with van der Waals surface area (Å²) in [6, 6.07) is 22.4. The molecule has 3 nitrogen and oxygen atoms in total. The molecule has 0 bridgehead atoms. The first-order valence-corrected chi connectivity index (χ1v) is 10.2. The molecule has 0 spiro atoms. The van der Waals surface area contributed by atoms with Crippen molar-refractivity contribution < 1.29 is 0 Å². The molecule has 1 fully saturated rings. The van der Waals surface area contributed by atoms with E-state index in [-0.39, 0.29) is 0 Å². The van der Waals surface area contributed by atoms with Crippen molar-refractivity contribution in [2.24, 2.45) is 0 Å². The minimum atomic E-state index is 0.674. The summed E-state index contributed by atoms with van der Waals surface area (Å²) in [6.07, 6.45) is 3.80. The lowest BCUT2D eigenvalue weighted by molar-refractivity contribution is 0.0833. The van der Waals surface area contributed by atoms with Gasteiger partial charge in [-0.1, -0.05) is 48.5 Å². The maximum atomic E-state index is 4.88. The van der Waals surface area contributed by atoms with Crippen LogP contribution in [0.25, 0.3) is 10.9 Å². The molecule has 3 heteroatoms. The molecule has 0 saturated carbocycles. The van der Waals surface area contributed by atoms with E-state index in [1.54, 1.807) is 5.56 Å². The molecule has 0 amide bonds. The van der Waals surface area contributed by atoms with Gasteiger partial charge in [0.2, 0.25) is 0 Å². The Balaban J connectivity index is 1.27. The first-order valence-electron chi connectivity index (χ1n) is 10.2. The molecule has 0 radical (unpaired) electrons. The molecule has 2 aliphatic rings. The highest BCUT2D eigenvalue weighted by Gasteiger charge is 2.27. The van der Waals surface area contributed by atoms with E-state index >= 15 is 0 Å². The summed E-state index contributed by atoms with van der Waals surface area (Å²) in [5.74, 6) is 0. The number of aromatic nitrogens is 1. The van der Waals surface area contributed by atoms with E-state index in [1.165, 1.54) is 49.0 Å². The summed E-state index contributed by atoms with van der Waals surface area (Å²) in [5, 5.41) is 1.23. The van der Waals surface area contributed by atoms with Crippen LogP contribution in [0.3, 0.4) is 0 Å². The molecular weight excluding hydrogens is 330 g/mol. The number of piperidine rings is 1. The van der Waals surface area contributed by atoms with E-state index in [9.17, 15) is 0 Å². The maximum absolute atomic E-state index is 4.88. The minimum absolute atomic E-state index is 0.674. The SMILES string of the molecule is c1ccc2c(c1)CCN(C1CCCN(Cc3ccc4ccccc4n3)C1)C2. The number of likely N-dealkylation sites (tertiary alicyclic amines) is 1. The second-order valence-corrected chi connectivity index (χ2v) is 8.02. The van der Waals surface area contributed by atoms with Gasteiger partial charge in [0.05, 0.1) is 11.2 Å². The van der Waals surface area contributed by atoms with E-state index in [4.69, 9.17) is 4.98 Å². The highest BCUT2D eigenvalue weighted by Crippen LogP contribution is 2.25. The number of fused-ring (bicyclic) bond motifs is 2. The van der Waals surface area contributed by atoms with Crippen LogP contribution in [-0.2, 0) is 19.5 Å². The molecule has 138 valence electrons. The predicted molar refractivity (Wildman–Crippen MR) is 111 cm³/mol. The zero-order valence-electron chi connectivity index (χ0n) is 15.8. The van der Waals surface area contributed by atoms with Gasteiger partial charge in [0, 0.05) is 37.6 Å². The number of hydrogen-bond donors (Lipinski definition) is 0. The van der Waals surface area contributed by atoms with Gasteiger partial charge in [-0.05, 0) is 49.1 Å². The number of hydrogen-bond acceptors (Lipinski definition) is 3. The van der Waals surface area contributed by atoms with Crippen LogP contribution in [0, 0.1) is 0 Å². The molecule has 3 heterocycles. The summed E-state index contributed by atoms with van der Waals surface area (Å²) < 4.78 is 0. The Morgan fingerprint density at radius 3 is 2.70 bits per heavy atom. The fourth-order valence-electron chi connectivity index (χ4n) is 4.73. The summed E-state index contributed by atoms with van der Waals surface area (Å²) in [7, 11) is 0. The number of para-hydroxylation sites is 1. The second kappa shape index (κ2) is 7.41. The largest absolute Gasteiger partial charge is 0.296 e. The van der Waals surface area contributed by atoms with E-state index in [0.717, 1.165) is 25.2 Å². The fourth-order valence-corrected chi connectivity index (χ4v) is 4.73. The molecule has 2 aliphatic heterocycles. The molecule has 0 aliphatic carbocycles. The third-order valence-corrected chi connectivity index (χ3v) is 6.20. The van der Waals surface area contributed by atoms with Crippen molar-refractivity contribution in [1.29, 1.82) is 0 Å². The summed E-state index contributed by atoms with van der Waals surface area (Å²) >= 11 is 0. The Hall–Kier alpha value is -2.23. The fraction of sp³-hybridized carbons (Fsp3) is 0.375. The third kappa shape index (κ3) is 3.62. The van der Waals surface area contributed by atoms with Gasteiger partial charge in [0.1, 0.15) is 0 Å². The number of pyridine rings is 1. The van der Waals surface area contributed by atoms with E-state index in [2.05, 4.69) is 70.5 Å². The van der Waals surface area contributed by atoms with Gasteiger partial charge in [-0.25, -0.2) is 0 Å². The van der Waals surface area contributed by atoms with Crippen LogP contribution in [-0.4, -0.2) is 40.5 Å². The summed E-state index contributed by atoms with van der Waals surface area (Å²) in [5.41, 5.74) is 5.37. The zero-order chi connectivity index (χ0) is 18.1. The number of rotatable bonds is 3. The van der Waals surface area contributed by atoms with Gasteiger partial charge in [-0.3, -0.25) is 14.8 Å². The lowest BCUT2D eigenvalue weighted by Crippen LogP contribution is -2.49. The van der Waals surface area contributed by atoms with E-state index < -0.39 is 0 Å². The minimum Gasteiger partial charge on any atom is -0.296 e. The van der Waals surface area contributed by atoms with Gasteiger partial charge in [0.15, 0.2) is 0 Å². The predicted octanol–water partition coefficient (Wildman–Crippen LogP) is 4.26. The Morgan fingerprint density at radius 2 is 1.74 bits per heavy atom. The topological polar surface area (TPSA) is 19.4 Å². The van der Waals surface area contributed by atoms with Crippen LogP contribution >= 0.6 is 0 Å². The van der Waals surface area contributed by atoms with Crippen molar-refractivity contribution >= 4 is 10.9 Å². The monoisotopic (exact) mass is 357 g/mol. The van der Waals surface area contributed by atoms with Crippen molar-refractivity contribution in [2.75, 3.05) is 19.6 Å². The van der Waals surface area contributed by atoms with Crippen LogP contribution in [0.15, 0.2) is 60.7 Å². The Labute approximate surface area is 161 Å². The maximum Gasteiger partial charge on any atom is 0.0705 e. The van der Waals surface area contributed by atoms with Crippen molar-refractivity contribution in [3.8, 4) is 0 Å². The van der Waals surface area contributed by atoms with Crippen LogP contribution in [0.4, 0.5) is 0 Å². The highest BCUT2D eigenvalue weighted by atomic mass is 15.2. The second-order valence-electron chi connectivity index (χ2n) is 8.02. The molecular formula is C24H27N3. The molecule has 1 unspecified atom stereocenters. The first kappa shape index (κ1) is 16.9. The molecule has 0 N–H and O–H groups in total. The van der Waals surface area contributed by atoms with Gasteiger partial charge in [-0.15, -0.1) is 0 Å². The lowest BCUT2D eigenvalue weighted by atomic mass is 9.96. The van der Waals surface area contributed by atoms with Crippen LogP contribution in [0.1, 0.15) is 29.7 Å². The molecule has 2 aromatic carbocycles. The first-order chi connectivity index (χ1) is 13.3. The van der Waals surface area contributed by atoms with Crippen molar-refractivity contribution in [1.82, 2.24) is 14.8 Å². The van der Waals surface area contributed by atoms with Gasteiger partial charge in [-0.2, -0.15) is 0 Å². The van der Waals surface area contributed by atoms with Gasteiger partial charge < -0.3 is 0 Å². The lowest BCUT2D eigenvalue weighted by Gasteiger charge is -2.41. The molecule has 3 aromatic rings. The average Bonchev–Trinajstić information content (AvgIpc) is 2.73. The van der Waals surface area contributed by atoms with Crippen LogP contribution < -0.4 is 0 Å². The van der Waals surface area contributed by atoms with Gasteiger partial charge in [0.25, 0.3) is 0 Å². The summed E-state index contributed by atoms with van der Waals surface area (Å²) in [4.78, 5) is 10.2. The van der Waals surface area contributed by atoms with Crippen LogP contribution in [0.5, 0.6) is 0 Å². The highest BCUT2D eigenvalue weighted by molar-refractivity contribution is 5.78. The molecule has 1 saturated heterocycles. The Bertz CT molecular complexity index is 936. The molecule has 27 heavy (non-hydrogen) atoms. The standard InChI is InChI=1S/C24H27N3/c1-2-8-21-16-27(15-13-19(21)6-1)23-9-5-14-26(18-23)17-22-12-11-20-7-3-4-10-24(20)25-22/h1-4,6-8,10-12,23H,5,9,13-18H2. The number of nitrogens with zero attached hydrogens (tertiary/aromatic N) is 3. The van der Waals surface area contributed by atoms with Crippen molar-refractivity contribution in [3.05, 3.63) is 77.5 Å². The molecule has 1 aromatic heterocycles. The van der Waals surface area contributed by atoms with Crippen molar-refractivity contribution in [2.45, 2.75) is 38.4 Å². The molecule has 1 atom stereocenters. The Morgan fingerprint density at radius 1 is 0.889 bits per heavy atom. The third-order valence-electron chi connectivity index (χ3n) is 6.20. The molecule has 5 rings (SSSR count). The quantitative estimate of drug-likeness (QED) is 0.698. The van der Waals surface area contributed by atoms with Crippen molar-refractivity contribution in [3.63, 3.8) is 0 Å². The Kier molecular flexibility index (Phi) is 4.64. The van der Waals surface area contributed by atoms with Crippen LogP contribution in [0.2, 0.25) is 0 Å². The van der Waals surface area contributed by atoms with E-state index in [1.807, 2.05) is 0 Å².